The molecule has 0 aromatic heterocycles. The highest BCUT2D eigenvalue weighted by Crippen LogP contribution is 2.29. The van der Waals surface area contributed by atoms with Gasteiger partial charge in [0.15, 0.2) is 0 Å². The summed E-state index contributed by atoms with van der Waals surface area (Å²) in [5, 5.41) is 0.464. The van der Waals surface area contributed by atoms with Gasteiger partial charge >= 0.3 is 0 Å². The van der Waals surface area contributed by atoms with Crippen LogP contribution in [0.3, 0.4) is 0 Å². The number of ether oxygens (including phenoxy) is 2. The van der Waals surface area contributed by atoms with Gasteiger partial charge in [0.25, 0.3) is 0 Å². The van der Waals surface area contributed by atoms with E-state index in [4.69, 9.17) is 21.1 Å². The third kappa shape index (κ3) is 3.14. The van der Waals surface area contributed by atoms with E-state index < -0.39 is 0 Å². The SMILES string of the molecule is COc1ccc(OCc2cccc(F)c2)c(Cl)c1. The Bertz CT molecular complexity index is 543. The third-order valence-electron chi connectivity index (χ3n) is 2.42. The fraction of sp³-hybridized carbons (Fsp3) is 0.143. The molecule has 18 heavy (non-hydrogen) atoms. The Kier molecular flexibility index (Phi) is 4.05. The molecule has 0 unspecified atom stereocenters. The first-order valence-electron chi connectivity index (χ1n) is 5.40. The average molecular weight is 267 g/mol. The van der Waals surface area contributed by atoms with Crippen LogP contribution in [0.1, 0.15) is 5.56 Å². The lowest BCUT2D eigenvalue weighted by atomic mass is 10.2. The van der Waals surface area contributed by atoms with Gasteiger partial charge in [-0.1, -0.05) is 23.7 Å². The summed E-state index contributed by atoms with van der Waals surface area (Å²) in [6, 6.07) is 11.4. The Morgan fingerprint density at radius 3 is 2.67 bits per heavy atom. The Morgan fingerprint density at radius 2 is 2.00 bits per heavy atom. The summed E-state index contributed by atoms with van der Waals surface area (Å²) in [6.07, 6.45) is 0. The zero-order valence-electron chi connectivity index (χ0n) is 9.82. The summed E-state index contributed by atoms with van der Waals surface area (Å²) in [5.41, 5.74) is 0.752. The molecule has 0 aliphatic carbocycles. The van der Waals surface area contributed by atoms with Gasteiger partial charge in [0.2, 0.25) is 0 Å². The van der Waals surface area contributed by atoms with Crippen molar-refractivity contribution in [2.75, 3.05) is 7.11 Å². The van der Waals surface area contributed by atoms with Crippen molar-refractivity contribution < 1.29 is 13.9 Å². The van der Waals surface area contributed by atoms with Crippen molar-refractivity contribution in [2.24, 2.45) is 0 Å². The molecule has 0 fully saturated rings. The maximum atomic E-state index is 13.0. The number of halogens is 2. The molecule has 0 radical (unpaired) electrons. The molecule has 0 amide bonds. The fourth-order valence-electron chi connectivity index (χ4n) is 1.51. The minimum Gasteiger partial charge on any atom is -0.497 e. The second kappa shape index (κ2) is 5.74. The summed E-state index contributed by atoms with van der Waals surface area (Å²) in [6.45, 7) is 0.268. The van der Waals surface area contributed by atoms with Crippen molar-refractivity contribution in [3.8, 4) is 11.5 Å². The van der Waals surface area contributed by atoms with E-state index in [-0.39, 0.29) is 12.4 Å². The van der Waals surface area contributed by atoms with E-state index in [2.05, 4.69) is 0 Å². The number of methoxy groups -OCH3 is 1. The van der Waals surface area contributed by atoms with E-state index in [1.165, 1.54) is 12.1 Å². The lowest BCUT2D eigenvalue weighted by molar-refractivity contribution is 0.305. The molecule has 0 atom stereocenters. The quantitative estimate of drug-likeness (QED) is 0.831. The maximum Gasteiger partial charge on any atom is 0.138 e. The van der Waals surface area contributed by atoms with Crippen LogP contribution >= 0.6 is 11.6 Å². The Hall–Kier alpha value is -1.74. The first-order chi connectivity index (χ1) is 8.69. The van der Waals surface area contributed by atoms with Crippen LogP contribution in [0.25, 0.3) is 0 Å². The van der Waals surface area contributed by atoms with Crippen LogP contribution < -0.4 is 9.47 Å². The molecule has 2 rings (SSSR count). The predicted octanol–water partition coefficient (Wildman–Crippen LogP) is 4.07. The first-order valence-corrected chi connectivity index (χ1v) is 5.77. The second-order valence-corrected chi connectivity index (χ2v) is 4.12. The molecule has 0 spiro atoms. The molecule has 2 nitrogen and oxygen atoms in total. The van der Waals surface area contributed by atoms with Gasteiger partial charge in [-0.05, 0) is 29.8 Å². The standard InChI is InChI=1S/C14H12ClFO2/c1-17-12-5-6-14(13(15)8-12)18-9-10-3-2-4-11(16)7-10/h2-8H,9H2,1H3. The molecule has 4 heteroatoms. The van der Waals surface area contributed by atoms with E-state index >= 15 is 0 Å². The molecule has 2 aromatic rings. The van der Waals surface area contributed by atoms with Gasteiger partial charge in [-0.2, -0.15) is 0 Å². The van der Waals surface area contributed by atoms with E-state index in [0.29, 0.717) is 16.5 Å². The molecule has 0 saturated heterocycles. The maximum absolute atomic E-state index is 13.0. The van der Waals surface area contributed by atoms with Gasteiger partial charge in [-0.15, -0.1) is 0 Å². The van der Waals surface area contributed by atoms with Crippen LogP contribution in [0.2, 0.25) is 5.02 Å². The zero-order chi connectivity index (χ0) is 13.0. The van der Waals surface area contributed by atoms with Gasteiger partial charge in [0, 0.05) is 6.07 Å². The van der Waals surface area contributed by atoms with E-state index in [1.54, 1.807) is 37.4 Å². The van der Waals surface area contributed by atoms with Gasteiger partial charge in [-0.3, -0.25) is 0 Å². The number of benzene rings is 2. The summed E-state index contributed by atoms with van der Waals surface area (Å²) in [4.78, 5) is 0. The van der Waals surface area contributed by atoms with Gasteiger partial charge < -0.3 is 9.47 Å². The van der Waals surface area contributed by atoms with Crippen molar-refractivity contribution in [1.29, 1.82) is 0 Å². The van der Waals surface area contributed by atoms with E-state index in [0.717, 1.165) is 5.56 Å². The summed E-state index contributed by atoms with van der Waals surface area (Å²) in [5.74, 6) is 0.928. The second-order valence-electron chi connectivity index (χ2n) is 3.71. The lowest BCUT2D eigenvalue weighted by Crippen LogP contribution is -1.96. The van der Waals surface area contributed by atoms with Crippen LogP contribution in [0.15, 0.2) is 42.5 Å². The minimum absolute atomic E-state index is 0.268. The normalized spacial score (nSPS) is 10.2. The lowest BCUT2D eigenvalue weighted by Gasteiger charge is -2.09. The van der Waals surface area contributed by atoms with Crippen LogP contribution in [0.4, 0.5) is 4.39 Å². The molecular formula is C14H12ClFO2. The topological polar surface area (TPSA) is 18.5 Å². The van der Waals surface area contributed by atoms with Crippen LogP contribution in [0, 0.1) is 5.82 Å². The van der Waals surface area contributed by atoms with E-state index in [9.17, 15) is 4.39 Å². The Labute approximate surface area is 110 Å². The summed E-state index contributed by atoms with van der Waals surface area (Å²) in [7, 11) is 1.57. The zero-order valence-corrected chi connectivity index (χ0v) is 10.6. The van der Waals surface area contributed by atoms with Crippen molar-refractivity contribution in [2.45, 2.75) is 6.61 Å². The van der Waals surface area contributed by atoms with Crippen molar-refractivity contribution >= 4 is 11.6 Å². The van der Waals surface area contributed by atoms with Crippen LogP contribution in [-0.4, -0.2) is 7.11 Å². The first kappa shape index (κ1) is 12.7. The molecule has 0 aliphatic heterocycles. The average Bonchev–Trinajstić information content (AvgIpc) is 2.37. The summed E-state index contributed by atoms with van der Waals surface area (Å²) < 4.78 is 23.5. The number of rotatable bonds is 4. The van der Waals surface area contributed by atoms with Crippen LogP contribution in [-0.2, 0) is 6.61 Å². The Balaban J connectivity index is 2.06. The van der Waals surface area contributed by atoms with Crippen molar-refractivity contribution in [1.82, 2.24) is 0 Å². The molecule has 0 heterocycles. The molecule has 0 aliphatic rings. The predicted molar refractivity (Wildman–Crippen MR) is 68.7 cm³/mol. The van der Waals surface area contributed by atoms with Crippen molar-refractivity contribution in [3.63, 3.8) is 0 Å². The highest BCUT2D eigenvalue weighted by atomic mass is 35.5. The largest absolute Gasteiger partial charge is 0.497 e. The number of hydrogen-bond acceptors (Lipinski definition) is 2. The van der Waals surface area contributed by atoms with Crippen LogP contribution in [0.5, 0.6) is 11.5 Å². The monoisotopic (exact) mass is 266 g/mol. The number of hydrogen-bond donors (Lipinski definition) is 0. The minimum atomic E-state index is -0.281. The van der Waals surface area contributed by atoms with Gasteiger partial charge in [0.05, 0.1) is 12.1 Å². The highest BCUT2D eigenvalue weighted by Gasteiger charge is 2.04. The molecule has 2 aromatic carbocycles. The molecule has 0 saturated carbocycles. The third-order valence-corrected chi connectivity index (χ3v) is 2.72. The summed E-state index contributed by atoms with van der Waals surface area (Å²) >= 11 is 6.03. The molecule has 0 N–H and O–H groups in total. The molecule has 0 bridgehead atoms. The fourth-order valence-corrected chi connectivity index (χ4v) is 1.74. The van der Waals surface area contributed by atoms with E-state index in [1.807, 2.05) is 0 Å². The smallest absolute Gasteiger partial charge is 0.138 e. The molecular weight excluding hydrogens is 255 g/mol. The van der Waals surface area contributed by atoms with Gasteiger partial charge in [0.1, 0.15) is 23.9 Å². The Morgan fingerprint density at radius 1 is 1.17 bits per heavy atom. The molecule has 94 valence electrons. The highest BCUT2D eigenvalue weighted by molar-refractivity contribution is 6.32. The van der Waals surface area contributed by atoms with Gasteiger partial charge in [-0.25, -0.2) is 4.39 Å². The van der Waals surface area contributed by atoms with Crippen molar-refractivity contribution in [3.05, 3.63) is 58.9 Å².